The van der Waals surface area contributed by atoms with E-state index < -0.39 is 36.4 Å². The smallest absolute Gasteiger partial charge is 0.383 e. The molecule has 1 aromatic rings. The Bertz CT molecular complexity index is 734. The Hall–Kier alpha value is -2.32. The number of rotatable bonds is 3. The van der Waals surface area contributed by atoms with Crippen molar-refractivity contribution in [3.8, 4) is 5.75 Å². The summed E-state index contributed by atoms with van der Waals surface area (Å²) in [5.74, 6) is -6.17. The van der Waals surface area contributed by atoms with Crippen LogP contribution in [0.15, 0.2) is 24.3 Å². The van der Waals surface area contributed by atoms with Crippen LogP contribution >= 0.6 is 0 Å². The van der Waals surface area contributed by atoms with Gasteiger partial charge in [-0.2, -0.15) is 8.78 Å². The number of likely N-dealkylation sites (tertiary alicyclic amines) is 1. The van der Waals surface area contributed by atoms with E-state index in [-0.39, 0.29) is 19.0 Å². The van der Waals surface area contributed by atoms with Crippen LogP contribution in [0.2, 0.25) is 0 Å². The van der Waals surface area contributed by atoms with Gasteiger partial charge in [0.15, 0.2) is 6.10 Å². The standard InChI is InChI=1S/C18H18F4N2O3/c19-16(20)18(21,22)17(26)23-8-11-5-6-12(9-23)24(11)15(25)14-7-10-3-1-2-4-13(10)27-14/h1-4,11-12,14,16H,5-9H2. The van der Waals surface area contributed by atoms with Gasteiger partial charge in [-0.15, -0.1) is 0 Å². The first-order valence-electron chi connectivity index (χ1n) is 8.81. The van der Waals surface area contributed by atoms with Crippen molar-refractivity contribution in [1.82, 2.24) is 9.80 Å². The highest BCUT2D eigenvalue weighted by molar-refractivity contribution is 5.86. The molecule has 0 spiro atoms. The lowest BCUT2D eigenvalue weighted by atomic mass is 10.1. The van der Waals surface area contributed by atoms with Crippen LogP contribution in [0.5, 0.6) is 5.75 Å². The monoisotopic (exact) mass is 386 g/mol. The molecule has 2 saturated heterocycles. The zero-order chi connectivity index (χ0) is 19.3. The Labute approximate surface area is 152 Å². The minimum absolute atomic E-state index is 0.164. The van der Waals surface area contributed by atoms with Crippen LogP contribution in [-0.2, 0) is 16.0 Å². The first-order chi connectivity index (χ1) is 12.8. The molecule has 0 radical (unpaired) electrons. The number of nitrogens with zero attached hydrogens (tertiary/aromatic N) is 2. The molecule has 3 unspecified atom stereocenters. The van der Waals surface area contributed by atoms with E-state index in [9.17, 15) is 27.2 Å². The van der Waals surface area contributed by atoms with E-state index in [1.807, 2.05) is 18.2 Å². The van der Waals surface area contributed by atoms with Crippen molar-refractivity contribution < 1.29 is 31.9 Å². The number of carbonyl (C=O) groups is 2. The van der Waals surface area contributed by atoms with Gasteiger partial charge in [0.1, 0.15) is 5.75 Å². The summed E-state index contributed by atoms with van der Waals surface area (Å²) >= 11 is 0. The lowest BCUT2D eigenvalue weighted by Crippen LogP contribution is -2.62. The highest BCUT2D eigenvalue weighted by atomic mass is 19.3. The summed E-state index contributed by atoms with van der Waals surface area (Å²) in [4.78, 5) is 27.1. The second-order valence-corrected chi connectivity index (χ2v) is 7.18. The van der Waals surface area contributed by atoms with Gasteiger partial charge in [0.05, 0.1) is 0 Å². The van der Waals surface area contributed by atoms with Crippen LogP contribution < -0.4 is 4.74 Å². The Kier molecular flexibility index (Phi) is 4.27. The van der Waals surface area contributed by atoms with E-state index in [2.05, 4.69) is 0 Å². The SMILES string of the molecule is O=C(C1Cc2ccccc2O1)N1C2CCC1CN(C(=O)C(F)(F)C(F)F)C2. The first kappa shape index (κ1) is 18.1. The summed E-state index contributed by atoms with van der Waals surface area (Å²) in [5.41, 5.74) is 0.925. The van der Waals surface area contributed by atoms with Crippen molar-refractivity contribution in [2.75, 3.05) is 13.1 Å². The van der Waals surface area contributed by atoms with Gasteiger partial charge in [0.2, 0.25) is 0 Å². The molecule has 3 aliphatic rings. The zero-order valence-electron chi connectivity index (χ0n) is 14.3. The molecule has 2 fully saturated rings. The van der Waals surface area contributed by atoms with Gasteiger partial charge in [0.25, 0.3) is 11.8 Å². The molecule has 146 valence electrons. The maximum absolute atomic E-state index is 13.4. The zero-order valence-corrected chi connectivity index (χ0v) is 14.3. The highest BCUT2D eigenvalue weighted by Gasteiger charge is 2.55. The number of halogens is 4. The molecule has 27 heavy (non-hydrogen) atoms. The summed E-state index contributed by atoms with van der Waals surface area (Å²) < 4.78 is 57.5. The molecule has 3 aliphatic heterocycles. The van der Waals surface area contributed by atoms with Gasteiger partial charge < -0.3 is 14.5 Å². The molecule has 4 rings (SSSR count). The predicted octanol–water partition coefficient (Wildman–Crippen LogP) is 2.09. The number of ether oxygens (including phenoxy) is 1. The molecule has 0 saturated carbocycles. The average Bonchev–Trinajstić information content (AvgIpc) is 3.18. The topological polar surface area (TPSA) is 49.9 Å². The quantitative estimate of drug-likeness (QED) is 0.748. The number of hydrogen-bond donors (Lipinski definition) is 0. The maximum atomic E-state index is 13.4. The Morgan fingerprint density at radius 1 is 1.11 bits per heavy atom. The molecule has 5 nitrogen and oxygen atoms in total. The highest BCUT2D eigenvalue weighted by Crippen LogP contribution is 2.36. The Balaban J connectivity index is 1.46. The van der Waals surface area contributed by atoms with Gasteiger partial charge in [-0.05, 0) is 24.5 Å². The molecule has 3 heterocycles. The van der Waals surface area contributed by atoms with Crippen molar-refractivity contribution in [2.24, 2.45) is 0 Å². The van der Waals surface area contributed by atoms with Crippen molar-refractivity contribution in [3.05, 3.63) is 29.8 Å². The summed E-state index contributed by atoms with van der Waals surface area (Å²) in [6.07, 6.45) is -3.22. The summed E-state index contributed by atoms with van der Waals surface area (Å²) in [6.45, 7) is -0.327. The number of hydrogen-bond acceptors (Lipinski definition) is 3. The number of amides is 2. The van der Waals surface area contributed by atoms with Crippen LogP contribution in [0.25, 0.3) is 0 Å². The molecule has 1 aromatic carbocycles. The molecule has 0 N–H and O–H groups in total. The Morgan fingerprint density at radius 3 is 2.33 bits per heavy atom. The lowest BCUT2D eigenvalue weighted by molar-refractivity contribution is -0.184. The predicted molar refractivity (Wildman–Crippen MR) is 85.7 cm³/mol. The van der Waals surface area contributed by atoms with E-state index >= 15 is 0 Å². The summed E-state index contributed by atoms with van der Waals surface area (Å²) in [6, 6.07) is 6.40. The molecule has 2 bridgehead atoms. The van der Waals surface area contributed by atoms with Crippen molar-refractivity contribution >= 4 is 11.8 Å². The average molecular weight is 386 g/mol. The second kappa shape index (κ2) is 6.38. The van der Waals surface area contributed by atoms with Crippen LogP contribution in [0.4, 0.5) is 17.6 Å². The number of piperazine rings is 1. The molecular formula is C18H18F4N2O3. The van der Waals surface area contributed by atoms with Crippen LogP contribution in [0, 0.1) is 0 Å². The fourth-order valence-corrected chi connectivity index (χ4v) is 4.22. The van der Waals surface area contributed by atoms with Crippen LogP contribution in [-0.4, -0.2) is 65.2 Å². The van der Waals surface area contributed by atoms with E-state index in [4.69, 9.17) is 4.74 Å². The minimum Gasteiger partial charge on any atom is -0.480 e. The van der Waals surface area contributed by atoms with Crippen LogP contribution in [0.3, 0.4) is 0 Å². The van der Waals surface area contributed by atoms with Gasteiger partial charge >= 0.3 is 12.3 Å². The first-order valence-corrected chi connectivity index (χ1v) is 8.81. The molecule has 0 aromatic heterocycles. The molecule has 9 heteroatoms. The largest absolute Gasteiger partial charge is 0.480 e. The van der Waals surface area contributed by atoms with Gasteiger partial charge in [0, 0.05) is 31.6 Å². The molecule has 3 atom stereocenters. The Morgan fingerprint density at radius 2 is 1.74 bits per heavy atom. The number of alkyl halides is 4. The molecule has 2 amide bonds. The van der Waals surface area contributed by atoms with Gasteiger partial charge in [-0.25, -0.2) is 8.78 Å². The number of fused-ring (bicyclic) bond motifs is 3. The minimum atomic E-state index is -4.71. The fourth-order valence-electron chi connectivity index (χ4n) is 4.22. The van der Waals surface area contributed by atoms with Crippen molar-refractivity contribution in [3.63, 3.8) is 0 Å². The maximum Gasteiger partial charge on any atom is 0.383 e. The number of carbonyl (C=O) groups excluding carboxylic acids is 2. The molecular weight excluding hydrogens is 368 g/mol. The van der Waals surface area contributed by atoms with E-state index in [0.29, 0.717) is 25.0 Å². The number of para-hydroxylation sites is 1. The normalized spacial score (nSPS) is 26.9. The van der Waals surface area contributed by atoms with E-state index in [1.54, 1.807) is 11.0 Å². The molecule has 0 aliphatic carbocycles. The van der Waals surface area contributed by atoms with Crippen molar-refractivity contribution in [2.45, 2.75) is 49.8 Å². The lowest BCUT2D eigenvalue weighted by Gasteiger charge is -2.42. The third-order valence-corrected chi connectivity index (χ3v) is 5.51. The van der Waals surface area contributed by atoms with Crippen LogP contribution in [0.1, 0.15) is 18.4 Å². The van der Waals surface area contributed by atoms with E-state index in [0.717, 1.165) is 10.5 Å². The van der Waals surface area contributed by atoms with Gasteiger partial charge in [-0.1, -0.05) is 18.2 Å². The van der Waals surface area contributed by atoms with Crippen molar-refractivity contribution in [1.29, 1.82) is 0 Å². The third-order valence-electron chi connectivity index (χ3n) is 5.51. The number of benzene rings is 1. The summed E-state index contributed by atoms with van der Waals surface area (Å²) in [5, 5.41) is 0. The third kappa shape index (κ3) is 2.93. The van der Waals surface area contributed by atoms with Gasteiger partial charge in [-0.3, -0.25) is 9.59 Å². The second-order valence-electron chi connectivity index (χ2n) is 7.18. The fraction of sp³-hybridized carbons (Fsp3) is 0.556. The van der Waals surface area contributed by atoms with E-state index in [1.165, 1.54) is 0 Å². The summed E-state index contributed by atoms with van der Waals surface area (Å²) in [7, 11) is 0.